The van der Waals surface area contributed by atoms with Crippen molar-refractivity contribution in [1.82, 2.24) is 4.90 Å². The lowest BCUT2D eigenvalue weighted by atomic mass is 10.3. The quantitative estimate of drug-likeness (QED) is 0.534. The third-order valence-electron chi connectivity index (χ3n) is 0.657. The number of hydrogen-bond acceptors (Lipinski definition) is 1. The third kappa shape index (κ3) is 15.7. The van der Waals surface area contributed by atoms with E-state index in [9.17, 15) is 0 Å². The molecule has 60 valence electrons. The first-order chi connectivity index (χ1) is 4.63. The lowest BCUT2D eigenvalue weighted by Crippen LogP contribution is -1.99. The number of nitrogens with zero attached hydrogens (tertiary/aromatic N) is 1. The van der Waals surface area contributed by atoms with Gasteiger partial charge < -0.3 is 4.90 Å². The fraction of sp³-hybridized carbons (Fsp3) is 0.556. The van der Waals surface area contributed by atoms with Gasteiger partial charge in [-0.05, 0) is 19.2 Å². The van der Waals surface area contributed by atoms with E-state index in [1.807, 2.05) is 52.0 Å². The number of allylic oxidation sites excluding steroid dienone is 2. The first-order valence-electron chi connectivity index (χ1n) is 3.63. The van der Waals surface area contributed by atoms with Gasteiger partial charge in [0.25, 0.3) is 0 Å². The van der Waals surface area contributed by atoms with Gasteiger partial charge in [0.15, 0.2) is 0 Å². The average molecular weight is 141 g/mol. The predicted octanol–water partition coefficient (Wildman–Crippen LogP) is 2.66. The van der Waals surface area contributed by atoms with E-state index in [1.54, 1.807) is 0 Å². The van der Waals surface area contributed by atoms with E-state index in [4.69, 9.17) is 0 Å². The summed E-state index contributed by atoms with van der Waals surface area (Å²) in [6.45, 7) is 9.69. The van der Waals surface area contributed by atoms with Crippen molar-refractivity contribution in [1.29, 1.82) is 0 Å². The Morgan fingerprint density at radius 2 is 1.70 bits per heavy atom. The second kappa shape index (κ2) is 8.28. The third-order valence-corrected chi connectivity index (χ3v) is 0.657. The highest BCUT2D eigenvalue weighted by atomic mass is 15.0. The summed E-state index contributed by atoms with van der Waals surface area (Å²) in [6, 6.07) is 0. The van der Waals surface area contributed by atoms with Gasteiger partial charge in [-0.25, -0.2) is 0 Å². The highest BCUT2D eigenvalue weighted by Gasteiger charge is 1.74. The molecule has 0 aliphatic heterocycles. The molecule has 0 saturated carbocycles. The lowest BCUT2D eigenvalue weighted by molar-refractivity contribution is 0.563. The van der Waals surface area contributed by atoms with Crippen molar-refractivity contribution in [2.75, 3.05) is 14.1 Å². The van der Waals surface area contributed by atoms with Crippen molar-refractivity contribution in [3.05, 3.63) is 24.4 Å². The number of rotatable bonds is 2. The lowest BCUT2D eigenvalue weighted by Gasteiger charge is -2.01. The fourth-order valence-electron chi connectivity index (χ4n) is 0.276. The predicted molar refractivity (Wildman–Crippen MR) is 49.0 cm³/mol. The maximum Gasteiger partial charge on any atom is 0.00556 e. The van der Waals surface area contributed by atoms with Crippen LogP contribution in [0.15, 0.2) is 24.4 Å². The van der Waals surface area contributed by atoms with Crippen molar-refractivity contribution < 1.29 is 0 Å². The summed E-state index contributed by atoms with van der Waals surface area (Å²) in [5.74, 6) is 0. The molecule has 0 saturated heterocycles. The van der Waals surface area contributed by atoms with Gasteiger partial charge in [0.1, 0.15) is 0 Å². The smallest absolute Gasteiger partial charge is 0.00556 e. The zero-order chi connectivity index (χ0) is 8.57. The maximum absolute atomic E-state index is 3.71. The van der Waals surface area contributed by atoms with E-state index in [1.165, 1.54) is 0 Å². The van der Waals surface area contributed by atoms with Crippen LogP contribution in [0.4, 0.5) is 0 Å². The van der Waals surface area contributed by atoms with Crippen molar-refractivity contribution in [2.45, 2.75) is 20.8 Å². The van der Waals surface area contributed by atoms with Crippen molar-refractivity contribution >= 4 is 0 Å². The zero-order valence-corrected chi connectivity index (χ0v) is 7.81. The molecule has 0 N–H and O–H groups in total. The molecule has 0 rings (SSSR count). The zero-order valence-electron chi connectivity index (χ0n) is 7.81. The molecule has 0 heterocycles. The summed E-state index contributed by atoms with van der Waals surface area (Å²) in [6.07, 6.45) is 3.95. The van der Waals surface area contributed by atoms with Gasteiger partial charge in [0.2, 0.25) is 0 Å². The Morgan fingerprint density at radius 1 is 1.30 bits per heavy atom. The molecule has 0 aromatic rings. The van der Waals surface area contributed by atoms with Crippen molar-refractivity contribution in [3.8, 4) is 0 Å². The molecule has 0 atom stereocenters. The van der Waals surface area contributed by atoms with E-state index in [0.717, 1.165) is 5.57 Å². The Morgan fingerprint density at radius 3 is 1.80 bits per heavy atom. The van der Waals surface area contributed by atoms with Crippen LogP contribution in [-0.2, 0) is 0 Å². The molecule has 0 bridgehead atoms. The molecular weight excluding hydrogens is 122 g/mol. The molecule has 0 aromatic heterocycles. The van der Waals surface area contributed by atoms with Crippen LogP contribution in [0.1, 0.15) is 20.8 Å². The van der Waals surface area contributed by atoms with Crippen LogP contribution in [0.3, 0.4) is 0 Å². The van der Waals surface area contributed by atoms with Crippen LogP contribution < -0.4 is 0 Å². The topological polar surface area (TPSA) is 3.24 Å². The summed E-state index contributed by atoms with van der Waals surface area (Å²) in [5.41, 5.74) is 1.08. The van der Waals surface area contributed by atoms with Crippen LogP contribution in [0.5, 0.6) is 0 Å². The van der Waals surface area contributed by atoms with Crippen LogP contribution in [-0.4, -0.2) is 19.0 Å². The second-order valence-electron chi connectivity index (χ2n) is 2.13. The largest absolute Gasteiger partial charge is 0.383 e. The molecule has 0 aliphatic carbocycles. The fourth-order valence-corrected chi connectivity index (χ4v) is 0.276. The highest BCUT2D eigenvalue weighted by Crippen LogP contribution is 1.88. The van der Waals surface area contributed by atoms with Crippen LogP contribution in [0, 0.1) is 0 Å². The Hall–Kier alpha value is -0.720. The molecule has 0 spiro atoms. The Bertz CT molecular complexity index is 101. The normalized spacial score (nSPS) is 8.50. The Kier molecular flexibility index (Phi) is 9.94. The molecule has 0 aliphatic rings. The molecular formula is C9H19N. The molecule has 0 amide bonds. The first-order valence-corrected chi connectivity index (χ1v) is 3.63. The van der Waals surface area contributed by atoms with E-state index in [-0.39, 0.29) is 0 Å². The van der Waals surface area contributed by atoms with Gasteiger partial charge >= 0.3 is 0 Å². The van der Waals surface area contributed by atoms with E-state index in [2.05, 4.69) is 6.58 Å². The highest BCUT2D eigenvalue weighted by molar-refractivity contribution is 5.09. The van der Waals surface area contributed by atoms with Crippen LogP contribution in [0.2, 0.25) is 0 Å². The summed E-state index contributed by atoms with van der Waals surface area (Å²) in [5, 5.41) is 0. The molecule has 0 aromatic carbocycles. The van der Waals surface area contributed by atoms with E-state index in [0.29, 0.717) is 0 Å². The standard InChI is InChI=1S/C7H13N.C2H6/c1-7(2)5-6-8(3)4;1-2/h5-6H,1H2,2-4H3;1-2H3/b6-5+;. The van der Waals surface area contributed by atoms with Gasteiger partial charge in [-0.3, -0.25) is 0 Å². The van der Waals surface area contributed by atoms with Gasteiger partial charge in [0.05, 0.1) is 0 Å². The van der Waals surface area contributed by atoms with E-state index >= 15 is 0 Å². The first kappa shape index (κ1) is 12.0. The number of hydrogen-bond donors (Lipinski definition) is 0. The van der Waals surface area contributed by atoms with Gasteiger partial charge in [-0.15, -0.1) is 0 Å². The van der Waals surface area contributed by atoms with Crippen molar-refractivity contribution in [2.24, 2.45) is 0 Å². The Balaban J connectivity index is 0. The van der Waals surface area contributed by atoms with Gasteiger partial charge in [-0.2, -0.15) is 0 Å². The monoisotopic (exact) mass is 141 g/mol. The van der Waals surface area contributed by atoms with Crippen LogP contribution >= 0.6 is 0 Å². The summed E-state index contributed by atoms with van der Waals surface area (Å²) < 4.78 is 0. The Labute approximate surface area is 65.0 Å². The summed E-state index contributed by atoms with van der Waals surface area (Å²) >= 11 is 0. The van der Waals surface area contributed by atoms with Crippen LogP contribution in [0.25, 0.3) is 0 Å². The summed E-state index contributed by atoms with van der Waals surface area (Å²) in [7, 11) is 3.97. The van der Waals surface area contributed by atoms with Gasteiger partial charge in [-0.1, -0.05) is 26.0 Å². The molecule has 1 nitrogen and oxygen atoms in total. The molecule has 0 fully saturated rings. The second-order valence-corrected chi connectivity index (χ2v) is 2.13. The SMILES string of the molecule is C=C(C)/C=C/N(C)C.CC. The minimum absolute atomic E-state index is 1.08. The minimum Gasteiger partial charge on any atom is -0.383 e. The van der Waals surface area contributed by atoms with Gasteiger partial charge in [0, 0.05) is 14.1 Å². The van der Waals surface area contributed by atoms with Crippen molar-refractivity contribution in [3.63, 3.8) is 0 Å². The van der Waals surface area contributed by atoms with E-state index < -0.39 is 0 Å². The minimum atomic E-state index is 1.08. The maximum atomic E-state index is 3.71. The summed E-state index contributed by atoms with van der Waals surface area (Å²) in [4.78, 5) is 1.98. The molecule has 0 unspecified atom stereocenters. The molecule has 0 radical (unpaired) electrons. The molecule has 10 heavy (non-hydrogen) atoms. The molecule has 1 heteroatoms. The average Bonchev–Trinajstić information content (AvgIpc) is 1.89.